The van der Waals surface area contributed by atoms with Gasteiger partial charge in [0.05, 0.1) is 0 Å². The van der Waals surface area contributed by atoms with E-state index in [0.717, 1.165) is 17.8 Å². The van der Waals surface area contributed by atoms with Crippen LogP contribution in [0.5, 0.6) is 0 Å². The van der Waals surface area contributed by atoms with Crippen LogP contribution >= 0.6 is 0 Å². The summed E-state index contributed by atoms with van der Waals surface area (Å²) in [7, 11) is 0. The van der Waals surface area contributed by atoms with Crippen molar-refractivity contribution in [2.45, 2.75) is 72.1 Å². The molecule has 0 heteroatoms. The first-order valence-corrected chi connectivity index (χ1v) is 6.74. The molecule has 84 valence electrons. The first-order chi connectivity index (χ1) is 6.74. The molecular weight excluding hydrogens is 168 g/mol. The molecule has 14 heavy (non-hydrogen) atoms. The van der Waals surface area contributed by atoms with Crippen LogP contribution in [0.4, 0.5) is 0 Å². The fourth-order valence-electron chi connectivity index (χ4n) is 2.86. The lowest BCUT2D eigenvalue weighted by atomic mass is 9.88. The molecular formula is C14H28. The zero-order valence-corrected chi connectivity index (χ0v) is 10.4. The molecule has 0 aromatic heterocycles. The van der Waals surface area contributed by atoms with Crippen LogP contribution in [0.2, 0.25) is 0 Å². The van der Waals surface area contributed by atoms with Gasteiger partial charge in [-0.15, -0.1) is 0 Å². The molecule has 0 radical (unpaired) electrons. The van der Waals surface area contributed by atoms with Gasteiger partial charge >= 0.3 is 0 Å². The molecule has 0 aromatic rings. The lowest BCUT2D eigenvalue weighted by Crippen LogP contribution is -2.07. The summed E-state index contributed by atoms with van der Waals surface area (Å²) in [5.74, 6) is 3.01. The Morgan fingerprint density at radius 3 is 2.50 bits per heavy atom. The molecule has 1 fully saturated rings. The van der Waals surface area contributed by atoms with E-state index in [1.807, 2.05) is 0 Å². The Kier molecular flexibility index (Phi) is 5.59. The highest BCUT2D eigenvalue weighted by molar-refractivity contribution is 4.72. The van der Waals surface area contributed by atoms with Gasteiger partial charge in [-0.3, -0.25) is 0 Å². The minimum Gasteiger partial charge on any atom is -0.0654 e. The molecule has 0 spiro atoms. The van der Waals surface area contributed by atoms with E-state index in [-0.39, 0.29) is 0 Å². The monoisotopic (exact) mass is 196 g/mol. The van der Waals surface area contributed by atoms with Gasteiger partial charge in [0.25, 0.3) is 0 Å². The van der Waals surface area contributed by atoms with Crippen molar-refractivity contribution in [3.63, 3.8) is 0 Å². The SMILES string of the molecule is CCCCC1CCCC(C(C)C)CC1. The van der Waals surface area contributed by atoms with Crippen LogP contribution in [0.25, 0.3) is 0 Å². The molecule has 2 unspecified atom stereocenters. The van der Waals surface area contributed by atoms with Gasteiger partial charge in [-0.25, -0.2) is 0 Å². The lowest BCUT2D eigenvalue weighted by Gasteiger charge is -2.18. The van der Waals surface area contributed by atoms with Crippen molar-refractivity contribution >= 4 is 0 Å². The van der Waals surface area contributed by atoms with Crippen LogP contribution < -0.4 is 0 Å². The Morgan fingerprint density at radius 2 is 1.86 bits per heavy atom. The minimum absolute atomic E-state index is 0.917. The average molecular weight is 196 g/mol. The Hall–Kier alpha value is 0. The maximum absolute atomic E-state index is 2.40. The summed E-state index contributed by atoms with van der Waals surface area (Å²) in [6.45, 7) is 7.11. The summed E-state index contributed by atoms with van der Waals surface area (Å²) in [6, 6.07) is 0. The fourth-order valence-corrected chi connectivity index (χ4v) is 2.86. The third-order valence-corrected chi connectivity index (χ3v) is 4.04. The van der Waals surface area contributed by atoms with Crippen LogP contribution in [-0.2, 0) is 0 Å². The van der Waals surface area contributed by atoms with E-state index in [1.54, 1.807) is 0 Å². The third-order valence-electron chi connectivity index (χ3n) is 4.04. The van der Waals surface area contributed by atoms with Crippen molar-refractivity contribution in [1.82, 2.24) is 0 Å². The van der Waals surface area contributed by atoms with E-state index < -0.39 is 0 Å². The molecule has 0 heterocycles. The average Bonchev–Trinajstić information content (AvgIpc) is 2.39. The highest BCUT2D eigenvalue weighted by Gasteiger charge is 2.20. The summed E-state index contributed by atoms with van der Waals surface area (Å²) in [5, 5.41) is 0. The standard InChI is InChI=1S/C14H28/c1-4-5-7-13-8-6-9-14(11-10-13)12(2)3/h12-14H,4-11H2,1-3H3. The van der Waals surface area contributed by atoms with Gasteiger partial charge in [-0.2, -0.15) is 0 Å². The molecule has 2 atom stereocenters. The molecule has 0 saturated heterocycles. The van der Waals surface area contributed by atoms with E-state index in [2.05, 4.69) is 20.8 Å². The van der Waals surface area contributed by atoms with Crippen LogP contribution in [0.15, 0.2) is 0 Å². The van der Waals surface area contributed by atoms with Gasteiger partial charge in [0.15, 0.2) is 0 Å². The Labute approximate surface area is 90.5 Å². The largest absolute Gasteiger partial charge is 0.0654 e. The topological polar surface area (TPSA) is 0 Å². The van der Waals surface area contributed by atoms with E-state index >= 15 is 0 Å². The molecule has 0 amide bonds. The normalized spacial score (nSPS) is 29.1. The number of hydrogen-bond donors (Lipinski definition) is 0. The van der Waals surface area contributed by atoms with Gasteiger partial charge < -0.3 is 0 Å². The van der Waals surface area contributed by atoms with Gasteiger partial charge in [-0.1, -0.05) is 65.7 Å². The fraction of sp³-hybridized carbons (Fsp3) is 1.00. The molecule has 1 aliphatic rings. The summed E-state index contributed by atoms with van der Waals surface area (Å²) in [4.78, 5) is 0. The van der Waals surface area contributed by atoms with Crippen LogP contribution in [0, 0.1) is 17.8 Å². The lowest BCUT2D eigenvalue weighted by molar-refractivity contribution is 0.332. The molecule has 1 aliphatic carbocycles. The van der Waals surface area contributed by atoms with Crippen molar-refractivity contribution in [3.05, 3.63) is 0 Å². The molecule has 1 rings (SSSR count). The maximum Gasteiger partial charge on any atom is -0.0391 e. The third kappa shape index (κ3) is 4.02. The predicted octanol–water partition coefficient (Wildman–Crippen LogP) is 5.03. The van der Waals surface area contributed by atoms with Gasteiger partial charge in [0, 0.05) is 0 Å². The van der Waals surface area contributed by atoms with Crippen molar-refractivity contribution in [2.75, 3.05) is 0 Å². The molecule has 0 bridgehead atoms. The quantitative estimate of drug-likeness (QED) is 0.553. The highest BCUT2D eigenvalue weighted by Crippen LogP contribution is 2.33. The second kappa shape index (κ2) is 6.48. The van der Waals surface area contributed by atoms with Crippen molar-refractivity contribution in [2.24, 2.45) is 17.8 Å². The number of unbranched alkanes of at least 4 members (excludes halogenated alkanes) is 1. The second-order valence-electron chi connectivity index (χ2n) is 5.52. The Bertz CT molecular complexity index is 137. The van der Waals surface area contributed by atoms with E-state index in [1.165, 1.54) is 51.4 Å². The van der Waals surface area contributed by atoms with E-state index in [9.17, 15) is 0 Å². The highest BCUT2D eigenvalue weighted by atomic mass is 14.3. The second-order valence-corrected chi connectivity index (χ2v) is 5.52. The summed E-state index contributed by atoms with van der Waals surface area (Å²) in [5.41, 5.74) is 0. The summed E-state index contributed by atoms with van der Waals surface area (Å²) >= 11 is 0. The van der Waals surface area contributed by atoms with Crippen molar-refractivity contribution in [1.29, 1.82) is 0 Å². The first-order valence-electron chi connectivity index (χ1n) is 6.74. The molecule has 0 N–H and O–H groups in total. The van der Waals surface area contributed by atoms with Crippen LogP contribution in [0.1, 0.15) is 72.1 Å². The number of hydrogen-bond acceptors (Lipinski definition) is 0. The Morgan fingerprint density at radius 1 is 1.07 bits per heavy atom. The van der Waals surface area contributed by atoms with Gasteiger partial charge in [0.2, 0.25) is 0 Å². The van der Waals surface area contributed by atoms with E-state index in [0.29, 0.717) is 0 Å². The summed E-state index contributed by atoms with van der Waals surface area (Å²) in [6.07, 6.45) is 11.9. The Balaban J connectivity index is 2.26. The van der Waals surface area contributed by atoms with Crippen LogP contribution in [0.3, 0.4) is 0 Å². The maximum atomic E-state index is 2.40. The zero-order chi connectivity index (χ0) is 10.4. The summed E-state index contributed by atoms with van der Waals surface area (Å²) < 4.78 is 0. The predicted molar refractivity (Wildman–Crippen MR) is 64.4 cm³/mol. The smallest absolute Gasteiger partial charge is 0.0391 e. The molecule has 0 aliphatic heterocycles. The molecule has 0 nitrogen and oxygen atoms in total. The minimum atomic E-state index is 0.917. The van der Waals surface area contributed by atoms with Crippen molar-refractivity contribution in [3.8, 4) is 0 Å². The van der Waals surface area contributed by atoms with Crippen LogP contribution in [-0.4, -0.2) is 0 Å². The van der Waals surface area contributed by atoms with Gasteiger partial charge in [0.1, 0.15) is 0 Å². The molecule has 1 saturated carbocycles. The molecule has 0 aromatic carbocycles. The number of rotatable bonds is 4. The first kappa shape index (κ1) is 12.1. The van der Waals surface area contributed by atoms with Gasteiger partial charge in [-0.05, 0) is 24.2 Å². The van der Waals surface area contributed by atoms with Crippen molar-refractivity contribution < 1.29 is 0 Å². The van der Waals surface area contributed by atoms with E-state index in [4.69, 9.17) is 0 Å². The zero-order valence-electron chi connectivity index (χ0n) is 10.4.